The van der Waals surface area contributed by atoms with Crippen LogP contribution in [0.4, 0.5) is 0 Å². The van der Waals surface area contributed by atoms with Crippen LogP contribution < -0.4 is 0 Å². The lowest BCUT2D eigenvalue weighted by Gasteiger charge is -2.28. The Morgan fingerprint density at radius 1 is 1.18 bits per heavy atom. The van der Waals surface area contributed by atoms with Crippen molar-refractivity contribution in [3.05, 3.63) is 0 Å². The molecule has 1 aliphatic rings. The Labute approximate surface area is 70.8 Å². The van der Waals surface area contributed by atoms with E-state index >= 15 is 0 Å². The van der Waals surface area contributed by atoms with Gasteiger partial charge in [-0.2, -0.15) is 0 Å². The van der Waals surface area contributed by atoms with Crippen LogP contribution in [-0.4, -0.2) is 24.5 Å². The number of hydrogen-bond donors (Lipinski definition) is 0. The van der Waals surface area contributed by atoms with E-state index in [2.05, 4.69) is 18.7 Å². The highest BCUT2D eigenvalue weighted by Crippen LogP contribution is 2.11. The third kappa shape index (κ3) is 3.24. The fourth-order valence-electron chi connectivity index (χ4n) is 1.71. The van der Waals surface area contributed by atoms with Gasteiger partial charge in [-0.05, 0) is 31.8 Å². The number of piperidine rings is 1. The van der Waals surface area contributed by atoms with Crippen molar-refractivity contribution in [2.75, 3.05) is 19.6 Å². The summed E-state index contributed by atoms with van der Waals surface area (Å²) in [6.07, 6.45) is 5.64. The minimum Gasteiger partial charge on any atom is -0.303 e. The Hall–Kier alpha value is -0.0400. The predicted octanol–water partition coefficient (Wildman–Crippen LogP) is 2.52. The Balaban J connectivity index is 2.13. The summed E-state index contributed by atoms with van der Waals surface area (Å²) in [5.41, 5.74) is 0. The van der Waals surface area contributed by atoms with Gasteiger partial charge in [-0.3, -0.25) is 0 Å². The number of rotatable bonds is 3. The van der Waals surface area contributed by atoms with Crippen molar-refractivity contribution in [2.24, 2.45) is 5.92 Å². The van der Waals surface area contributed by atoms with E-state index in [1.165, 1.54) is 45.3 Å². The standard InChI is InChI=1S/C10H21N/c1-3-10(2)9-11-7-5-4-6-8-11/h10H,3-9H2,1-2H3. The van der Waals surface area contributed by atoms with E-state index in [1.807, 2.05) is 0 Å². The van der Waals surface area contributed by atoms with Crippen LogP contribution in [0.25, 0.3) is 0 Å². The van der Waals surface area contributed by atoms with Crippen LogP contribution in [-0.2, 0) is 0 Å². The van der Waals surface area contributed by atoms with Gasteiger partial charge in [-0.1, -0.05) is 26.7 Å². The molecule has 0 aromatic carbocycles. The number of nitrogens with zero attached hydrogens (tertiary/aromatic N) is 1. The van der Waals surface area contributed by atoms with E-state index in [9.17, 15) is 0 Å². The molecule has 0 bridgehead atoms. The van der Waals surface area contributed by atoms with Crippen LogP contribution in [0.3, 0.4) is 0 Å². The molecule has 1 fully saturated rings. The van der Waals surface area contributed by atoms with Gasteiger partial charge >= 0.3 is 0 Å². The van der Waals surface area contributed by atoms with Crippen molar-refractivity contribution in [3.8, 4) is 0 Å². The summed E-state index contributed by atoms with van der Waals surface area (Å²) in [6.45, 7) is 8.67. The molecule has 0 spiro atoms. The zero-order valence-electron chi connectivity index (χ0n) is 7.97. The van der Waals surface area contributed by atoms with E-state index in [4.69, 9.17) is 0 Å². The van der Waals surface area contributed by atoms with Crippen molar-refractivity contribution >= 4 is 0 Å². The quantitative estimate of drug-likeness (QED) is 0.605. The summed E-state index contributed by atoms with van der Waals surface area (Å²) in [4.78, 5) is 2.62. The van der Waals surface area contributed by atoms with Crippen LogP contribution in [0, 0.1) is 5.92 Å². The van der Waals surface area contributed by atoms with Crippen LogP contribution in [0.5, 0.6) is 0 Å². The van der Waals surface area contributed by atoms with Crippen molar-refractivity contribution in [1.29, 1.82) is 0 Å². The monoisotopic (exact) mass is 155 g/mol. The molecule has 1 atom stereocenters. The largest absolute Gasteiger partial charge is 0.303 e. The summed E-state index contributed by atoms with van der Waals surface area (Å²) in [6, 6.07) is 0. The SMILES string of the molecule is CCC(C)CN1CCCCC1. The Kier molecular flexibility index (Phi) is 3.92. The van der Waals surface area contributed by atoms with Gasteiger partial charge in [0.05, 0.1) is 0 Å². The smallest absolute Gasteiger partial charge is 0.000692 e. The summed E-state index contributed by atoms with van der Waals surface area (Å²) in [5, 5.41) is 0. The molecule has 0 aromatic rings. The maximum atomic E-state index is 2.62. The van der Waals surface area contributed by atoms with Gasteiger partial charge < -0.3 is 4.90 Å². The van der Waals surface area contributed by atoms with Gasteiger partial charge in [0.25, 0.3) is 0 Å². The summed E-state index contributed by atoms with van der Waals surface area (Å²) < 4.78 is 0. The zero-order chi connectivity index (χ0) is 8.10. The molecule has 1 unspecified atom stereocenters. The van der Waals surface area contributed by atoms with E-state index < -0.39 is 0 Å². The summed E-state index contributed by atoms with van der Waals surface area (Å²) in [7, 11) is 0. The van der Waals surface area contributed by atoms with Gasteiger partial charge in [0.2, 0.25) is 0 Å². The molecule has 0 amide bonds. The summed E-state index contributed by atoms with van der Waals surface area (Å²) >= 11 is 0. The topological polar surface area (TPSA) is 3.24 Å². The molecule has 1 heterocycles. The number of likely N-dealkylation sites (tertiary alicyclic amines) is 1. The van der Waals surface area contributed by atoms with E-state index in [-0.39, 0.29) is 0 Å². The molecule has 66 valence electrons. The number of hydrogen-bond acceptors (Lipinski definition) is 1. The highest BCUT2D eigenvalue weighted by molar-refractivity contribution is 4.66. The second-order valence-electron chi connectivity index (χ2n) is 3.87. The van der Waals surface area contributed by atoms with E-state index in [0.717, 1.165) is 5.92 Å². The maximum absolute atomic E-state index is 2.62. The molecule has 0 saturated carbocycles. The second kappa shape index (κ2) is 4.76. The van der Waals surface area contributed by atoms with Crippen LogP contribution in [0.15, 0.2) is 0 Å². The van der Waals surface area contributed by atoms with Crippen LogP contribution >= 0.6 is 0 Å². The minimum atomic E-state index is 0.896. The molecular formula is C10H21N. The predicted molar refractivity (Wildman–Crippen MR) is 49.7 cm³/mol. The lowest BCUT2D eigenvalue weighted by molar-refractivity contribution is 0.199. The van der Waals surface area contributed by atoms with Crippen LogP contribution in [0.2, 0.25) is 0 Å². The van der Waals surface area contributed by atoms with Gasteiger partial charge in [-0.25, -0.2) is 0 Å². The van der Waals surface area contributed by atoms with Gasteiger partial charge in [0.1, 0.15) is 0 Å². The molecule has 0 aromatic heterocycles. The first-order valence-electron chi connectivity index (χ1n) is 5.05. The maximum Gasteiger partial charge on any atom is 0.000692 e. The molecule has 1 rings (SSSR count). The lowest BCUT2D eigenvalue weighted by Crippen LogP contribution is -2.33. The fraction of sp³-hybridized carbons (Fsp3) is 1.00. The van der Waals surface area contributed by atoms with Gasteiger partial charge in [0.15, 0.2) is 0 Å². The second-order valence-corrected chi connectivity index (χ2v) is 3.87. The molecule has 1 aliphatic heterocycles. The molecule has 1 nitrogen and oxygen atoms in total. The molecule has 0 aliphatic carbocycles. The Morgan fingerprint density at radius 3 is 2.36 bits per heavy atom. The first kappa shape index (κ1) is 9.05. The van der Waals surface area contributed by atoms with Gasteiger partial charge in [-0.15, -0.1) is 0 Å². The summed E-state index contributed by atoms with van der Waals surface area (Å²) in [5.74, 6) is 0.896. The normalized spacial score (nSPS) is 23.5. The average Bonchev–Trinajstić information content (AvgIpc) is 2.06. The minimum absolute atomic E-state index is 0.896. The van der Waals surface area contributed by atoms with Crippen molar-refractivity contribution in [2.45, 2.75) is 39.5 Å². The average molecular weight is 155 g/mol. The first-order valence-corrected chi connectivity index (χ1v) is 5.05. The molecule has 1 saturated heterocycles. The Bertz CT molecular complexity index is 95.0. The van der Waals surface area contributed by atoms with Crippen LogP contribution in [0.1, 0.15) is 39.5 Å². The highest BCUT2D eigenvalue weighted by Gasteiger charge is 2.11. The Morgan fingerprint density at radius 2 is 1.82 bits per heavy atom. The zero-order valence-corrected chi connectivity index (χ0v) is 7.97. The first-order chi connectivity index (χ1) is 5.33. The third-order valence-electron chi connectivity index (χ3n) is 2.72. The van der Waals surface area contributed by atoms with Crippen molar-refractivity contribution in [1.82, 2.24) is 4.90 Å². The highest BCUT2D eigenvalue weighted by atomic mass is 15.1. The lowest BCUT2D eigenvalue weighted by atomic mass is 10.1. The third-order valence-corrected chi connectivity index (χ3v) is 2.72. The molecule has 11 heavy (non-hydrogen) atoms. The van der Waals surface area contributed by atoms with Crippen molar-refractivity contribution < 1.29 is 0 Å². The fourth-order valence-corrected chi connectivity index (χ4v) is 1.71. The van der Waals surface area contributed by atoms with E-state index in [0.29, 0.717) is 0 Å². The molecular weight excluding hydrogens is 134 g/mol. The molecule has 1 heteroatoms. The van der Waals surface area contributed by atoms with Crippen molar-refractivity contribution in [3.63, 3.8) is 0 Å². The molecule has 0 radical (unpaired) electrons. The van der Waals surface area contributed by atoms with Gasteiger partial charge in [0, 0.05) is 6.54 Å². The van der Waals surface area contributed by atoms with E-state index in [1.54, 1.807) is 0 Å². The molecule has 0 N–H and O–H groups in total.